The van der Waals surface area contributed by atoms with Crippen LogP contribution in [0, 0.1) is 17.6 Å². The number of hydrogen-bond donors (Lipinski definition) is 2. The molecule has 0 aliphatic carbocycles. The molecular formula is C21H21BrF2N4O2S. The summed E-state index contributed by atoms with van der Waals surface area (Å²) in [6.45, 7) is 3.55. The second-order valence-corrected chi connectivity index (χ2v) is 8.87. The number of halogens is 3. The van der Waals surface area contributed by atoms with Crippen LogP contribution in [0.5, 0.6) is 0 Å². The number of aromatic nitrogens is 1. The first-order valence-corrected chi connectivity index (χ1v) is 11.7. The third-order valence-corrected chi connectivity index (χ3v) is 6.90. The van der Waals surface area contributed by atoms with Crippen LogP contribution in [0.15, 0.2) is 44.4 Å². The first-order chi connectivity index (χ1) is 15.0. The van der Waals surface area contributed by atoms with Crippen molar-refractivity contribution in [1.82, 2.24) is 15.6 Å². The number of amidine groups is 1. The van der Waals surface area contributed by atoms with Crippen molar-refractivity contribution in [3.8, 4) is 0 Å². The summed E-state index contributed by atoms with van der Waals surface area (Å²) in [7, 11) is 0. The molecule has 0 bridgehead atoms. The van der Waals surface area contributed by atoms with E-state index in [1.807, 2.05) is 5.38 Å². The lowest BCUT2D eigenvalue weighted by Gasteiger charge is -2.33. The molecule has 2 aliphatic rings. The topological polar surface area (TPSA) is 75.6 Å². The van der Waals surface area contributed by atoms with Crippen molar-refractivity contribution in [3.63, 3.8) is 0 Å². The fourth-order valence-electron chi connectivity index (χ4n) is 3.86. The summed E-state index contributed by atoms with van der Waals surface area (Å²) in [6, 6.07) is 1.62. The van der Waals surface area contributed by atoms with Crippen molar-refractivity contribution in [2.45, 2.75) is 25.8 Å². The first-order valence-electron chi connectivity index (χ1n) is 10.0. The molecule has 6 nitrogen and oxygen atoms in total. The van der Waals surface area contributed by atoms with E-state index in [1.165, 1.54) is 17.4 Å². The molecule has 0 spiro atoms. The van der Waals surface area contributed by atoms with Crippen LogP contribution in [-0.4, -0.2) is 36.5 Å². The number of benzene rings is 1. The molecule has 1 fully saturated rings. The van der Waals surface area contributed by atoms with E-state index in [-0.39, 0.29) is 17.0 Å². The molecule has 0 amide bonds. The van der Waals surface area contributed by atoms with Crippen LogP contribution in [0.1, 0.15) is 36.4 Å². The van der Waals surface area contributed by atoms with Gasteiger partial charge in [0.1, 0.15) is 6.04 Å². The van der Waals surface area contributed by atoms with Gasteiger partial charge in [-0.05, 0) is 60.4 Å². The number of rotatable bonds is 5. The number of carbonyl (C=O) groups is 1. The Morgan fingerprint density at radius 3 is 2.77 bits per heavy atom. The number of aliphatic imine (C=N–C) groups is 1. The Morgan fingerprint density at radius 1 is 1.32 bits per heavy atom. The smallest absolute Gasteiger partial charge is 0.338 e. The molecule has 2 aromatic rings. The first kappa shape index (κ1) is 22.0. The van der Waals surface area contributed by atoms with E-state index in [0.717, 1.165) is 32.0 Å². The van der Waals surface area contributed by atoms with E-state index in [1.54, 1.807) is 13.1 Å². The van der Waals surface area contributed by atoms with E-state index < -0.39 is 23.6 Å². The Morgan fingerprint density at radius 2 is 2.10 bits per heavy atom. The second kappa shape index (κ2) is 9.54. The maximum Gasteiger partial charge on any atom is 0.338 e. The van der Waals surface area contributed by atoms with Crippen LogP contribution in [-0.2, 0) is 9.53 Å². The van der Waals surface area contributed by atoms with E-state index in [4.69, 9.17) is 9.73 Å². The summed E-state index contributed by atoms with van der Waals surface area (Å²) in [5.41, 5.74) is 1.38. The predicted octanol–water partition coefficient (Wildman–Crippen LogP) is 4.09. The van der Waals surface area contributed by atoms with Gasteiger partial charge in [-0.3, -0.25) is 4.99 Å². The van der Waals surface area contributed by atoms with E-state index in [2.05, 4.69) is 31.5 Å². The van der Waals surface area contributed by atoms with Gasteiger partial charge in [0, 0.05) is 23.2 Å². The van der Waals surface area contributed by atoms with Crippen molar-refractivity contribution in [2.75, 3.05) is 19.7 Å². The number of thiazole rings is 1. The minimum atomic E-state index is -1.02. The number of piperidine rings is 1. The minimum absolute atomic E-state index is 0.0619. The summed E-state index contributed by atoms with van der Waals surface area (Å²) >= 11 is 4.57. The zero-order valence-corrected chi connectivity index (χ0v) is 19.2. The van der Waals surface area contributed by atoms with Crippen LogP contribution in [0.4, 0.5) is 8.78 Å². The molecule has 0 saturated carbocycles. The largest absolute Gasteiger partial charge is 0.463 e. The van der Waals surface area contributed by atoms with E-state index in [0.29, 0.717) is 27.7 Å². The normalized spacial score (nSPS) is 19.7. The van der Waals surface area contributed by atoms with Gasteiger partial charge in [-0.2, -0.15) is 0 Å². The molecule has 164 valence electrons. The Balaban J connectivity index is 1.90. The monoisotopic (exact) mass is 510 g/mol. The molecule has 4 rings (SSSR count). The zero-order valence-electron chi connectivity index (χ0n) is 16.8. The minimum Gasteiger partial charge on any atom is -0.463 e. The fourth-order valence-corrected chi connectivity index (χ4v) is 4.98. The summed E-state index contributed by atoms with van der Waals surface area (Å²) in [5.74, 6) is -1.95. The highest BCUT2D eigenvalue weighted by Crippen LogP contribution is 2.40. The lowest BCUT2D eigenvalue weighted by molar-refractivity contribution is -0.139. The standard InChI is InChI=1S/C21H21BrF2N4O2S/c1-2-30-21(29)14-17(11-5-7-25-8-6-11)27-19(20-26-9-10-31-20)28-18(14)12-3-4-13(23)16(24)15(12)22/h3-4,9-11,18,25H,2,5-8H2,1H3,(H,27,28). The number of nitrogens with zero attached hydrogens (tertiary/aromatic N) is 2. The molecule has 2 aliphatic heterocycles. The Hall–Kier alpha value is -2.17. The third kappa shape index (κ3) is 4.42. The Labute approximate surface area is 190 Å². The van der Waals surface area contributed by atoms with Crippen LogP contribution >= 0.6 is 27.3 Å². The zero-order chi connectivity index (χ0) is 22.0. The van der Waals surface area contributed by atoms with Gasteiger partial charge in [0.2, 0.25) is 0 Å². The third-order valence-electron chi connectivity index (χ3n) is 5.31. The van der Waals surface area contributed by atoms with Gasteiger partial charge in [-0.25, -0.2) is 18.6 Å². The summed E-state index contributed by atoms with van der Waals surface area (Å²) < 4.78 is 33.5. The lowest BCUT2D eigenvalue weighted by atomic mass is 9.86. The number of allylic oxidation sites excluding steroid dienone is 1. The highest BCUT2D eigenvalue weighted by molar-refractivity contribution is 9.10. The molecule has 0 radical (unpaired) electrons. The molecule has 2 N–H and O–H groups in total. The maximum absolute atomic E-state index is 14.4. The van der Waals surface area contributed by atoms with Gasteiger partial charge >= 0.3 is 5.97 Å². The number of esters is 1. The molecule has 1 unspecified atom stereocenters. The molecule has 1 aromatic heterocycles. The Bertz CT molecular complexity index is 1040. The highest BCUT2D eigenvalue weighted by Gasteiger charge is 2.37. The van der Waals surface area contributed by atoms with Crippen LogP contribution in [0.25, 0.3) is 0 Å². The number of nitrogens with one attached hydrogen (secondary N) is 2. The molecule has 3 heterocycles. The van der Waals surface area contributed by atoms with Crippen LogP contribution in [0.3, 0.4) is 0 Å². The summed E-state index contributed by atoms with van der Waals surface area (Å²) in [5, 5.41) is 9.13. The second-order valence-electron chi connectivity index (χ2n) is 7.18. The molecule has 31 heavy (non-hydrogen) atoms. The number of ether oxygens (including phenoxy) is 1. The molecular weight excluding hydrogens is 490 g/mol. The van der Waals surface area contributed by atoms with Crippen molar-refractivity contribution >= 4 is 39.1 Å². The van der Waals surface area contributed by atoms with Gasteiger partial charge < -0.3 is 15.4 Å². The lowest BCUT2D eigenvalue weighted by Crippen LogP contribution is -2.40. The fraction of sp³-hybridized carbons (Fsp3) is 0.381. The average molecular weight is 511 g/mol. The summed E-state index contributed by atoms with van der Waals surface area (Å²) in [4.78, 5) is 22.1. The molecule has 1 atom stereocenters. The van der Waals surface area contributed by atoms with Crippen molar-refractivity contribution in [2.24, 2.45) is 10.9 Å². The van der Waals surface area contributed by atoms with Crippen molar-refractivity contribution in [3.05, 3.63) is 61.7 Å². The predicted molar refractivity (Wildman–Crippen MR) is 118 cm³/mol. The SMILES string of the molecule is CCOC(=O)C1=C(C2CCNCC2)NC(c2nccs2)=NC1c1ccc(F)c(F)c1Br. The van der Waals surface area contributed by atoms with E-state index in [9.17, 15) is 13.6 Å². The summed E-state index contributed by atoms with van der Waals surface area (Å²) in [6.07, 6.45) is 3.31. The quantitative estimate of drug-likeness (QED) is 0.468. The van der Waals surface area contributed by atoms with Gasteiger partial charge in [-0.1, -0.05) is 6.07 Å². The molecule has 1 aromatic carbocycles. The Kier molecular flexibility index (Phi) is 6.78. The molecule has 10 heteroatoms. The van der Waals surface area contributed by atoms with E-state index >= 15 is 0 Å². The van der Waals surface area contributed by atoms with Gasteiger partial charge in [0.25, 0.3) is 0 Å². The number of carbonyl (C=O) groups excluding carboxylic acids is 1. The number of hydrogen-bond acceptors (Lipinski definition) is 7. The van der Waals surface area contributed by atoms with Gasteiger partial charge in [0.05, 0.1) is 16.7 Å². The van der Waals surface area contributed by atoms with Gasteiger partial charge in [-0.15, -0.1) is 11.3 Å². The van der Waals surface area contributed by atoms with Gasteiger partial charge in [0.15, 0.2) is 22.5 Å². The molecule has 1 saturated heterocycles. The maximum atomic E-state index is 14.4. The van der Waals surface area contributed by atoms with Crippen LogP contribution in [0.2, 0.25) is 0 Å². The van der Waals surface area contributed by atoms with Crippen molar-refractivity contribution < 1.29 is 18.3 Å². The average Bonchev–Trinajstić information content (AvgIpc) is 3.32. The highest BCUT2D eigenvalue weighted by atomic mass is 79.9. The van der Waals surface area contributed by atoms with Crippen LogP contribution < -0.4 is 10.6 Å². The van der Waals surface area contributed by atoms with Crippen molar-refractivity contribution in [1.29, 1.82) is 0 Å².